The molecular weight excluding hydrogens is 495 g/mol. The van der Waals surface area contributed by atoms with E-state index in [2.05, 4.69) is 0 Å². The van der Waals surface area contributed by atoms with Gasteiger partial charge in [0.2, 0.25) is 0 Å². The monoisotopic (exact) mass is 523 g/mol. The molecule has 2 atom stereocenters. The van der Waals surface area contributed by atoms with E-state index in [0.717, 1.165) is 0 Å². The number of aliphatic hydroxyl groups is 4. The zero-order valence-corrected chi connectivity index (χ0v) is 15.8. The second-order valence-electron chi connectivity index (χ2n) is 5.88. The van der Waals surface area contributed by atoms with E-state index in [1.807, 2.05) is 0 Å². The summed E-state index contributed by atoms with van der Waals surface area (Å²) in [5, 5.41) is 51.5. The number of aliphatic carboxylic acids is 2. The summed E-state index contributed by atoms with van der Waals surface area (Å²) in [7, 11) is 0. The summed E-state index contributed by atoms with van der Waals surface area (Å²) >= 11 is -0.417. The van der Waals surface area contributed by atoms with Crippen LogP contribution in [0.15, 0.2) is 0 Å². The second kappa shape index (κ2) is 12.8. The van der Waals surface area contributed by atoms with Gasteiger partial charge in [-0.3, -0.25) is 0 Å². The SMILES string of the molecule is CC(C)(CO)C(O)C(=O)O.CC(C)(CO)C(O)C(=O)O.[NH2][Pt][NH2]. The van der Waals surface area contributed by atoms with Gasteiger partial charge in [-0.05, 0) is 0 Å². The summed E-state index contributed by atoms with van der Waals surface area (Å²) in [6, 6.07) is 0. The number of rotatable bonds is 6. The van der Waals surface area contributed by atoms with Gasteiger partial charge in [0.15, 0.2) is 12.2 Å². The van der Waals surface area contributed by atoms with Gasteiger partial charge < -0.3 is 30.6 Å². The first-order valence-corrected chi connectivity index (χ1v) is 8.85. The van der Waals surface area contributed by atoms with E-state index in [4.69, 9.17) is 39.2 Å². The molecule has 0 fully saturated rings. The van der Waals surface area contributed by atoms with Crippen LogP contribution in [0.1, 0.15) is 27.7 Å². The molecular formula is C12H28N2O8Pt. The zero-order chi connectivity index (χ0) is 19.4. The molecule has 0 aromatic carbocycles. The van der Waals surface area contributed by atoms with Gasteiger partial charge in [-0.1, -0.05) is 27.7 Å². The molecule has 0 aromatic heterocycles. The third-order valence-electron chi connectivity index (χ3n) is 2.76. The van der Waals surface area contributed by atoms with Gasteiger partial charge in [0.1, 0.15) is 0 Å². The Hall–Kier alpha value is -0.612. The first-order valence-electron chi connectivity index (χ1n) is 6.23. The standard InChI is InChI=1S/2C6H12O4.2H2N.Pt/c2*1-6(2,3-7)4(8)5(9)10;;;/h2*4,7-8H,3H2,1-2H3,(H,9,10);2*1H2;/q;;2*-1;+2. The van der Waals surface area contributed by atoms with Crippen molar-refractivity contribution in [3.8, 4) is 0 Å². The predicted molar refractivity (Wildman–Crippen MR) is 77.4 cm³/mol. The fraction of sp³-hybridized carbons (Fsp3) is 0.833. The first kappa shape index (κ1) is 27.2. The van der Waals surface area contributed by atoms with Crippen LogP contribution in [0.4, 0.5) is 0 Å². The number of aliphatic hydroxyl groups excluding tert-OH is 4. The number of hydrogen-bond acceptors (Lipinski definition) is 8. The normalized spacial score (nSPS) is 13.8. The third-order valence-corrected chi connectivity index (χ3v) is 2.76. The van der Waals surface area contributed by atoms with E-state index < -0.39 is 54.0 Å². The van der Waals surface area contributed by atoms with Crippen molar-refractivity contribution in [1.82, 2.24) is 0 Å². The van der Waals surface area contributed by atoms with Crippen molar-refractivity contribution in [3.05, 3.63) is 0 Å². The Bertz CT molecular complexity index is 320. The predicted octanol–water partition coefficient (Wildman–Crippen LogP) is -2.28. The minimum absolute atomic E-state index is 0.347. The first-order chi connectivity index (χ1) is 10.2. The number of carboxylic acids is 2. The van der Waals surface area contributed by atoms with Crippen LogP contribution in [0.3, 0.4) is 0 Å². The van der Waals surface area contributed by atoms with Gasteiger partial charge in [0.25, 0.3) is 0 Å². The summed E-state index contributed by atoms with van der Waals surface area (Å²) in [5.74, 6) is -2.61. The Morgan fingerprint density at radius 1 is 0.870 bits per heavy atom. The zero-order valence-electron chi connectivity index (χ0n) is 13.5. The Morgan fingerprint density at radius 2 is 1.04 bits per heavy atom. The number of carboxylic acid groups (broad SMARTS) is 2. The number of hydrogen-bond donors (Lipinski definition) is 8. The molecule has 0 spiro atoms. The molecule has 23 heavy (non-hydrogen) atoms. The molecule has 0 saturated heterocycles. The minimum atomic E-state index is -1.50. The van der Waals surface area contributed by atoms with Gasteiger partial charge in [-0.15, -0.1) is 0 Å². The van der Waals surface area contributed by atoms with Crippen molar-refractivity contribution < 1.29 is 59.3 Å². The Kier molecular flexibility index (Phi) is 15.1. The van der Waals surface area contributed by atoms with Crippen molar-refractivity contribution in [1.29, 1.82) is 0 Å². The van der Waals surface area contributed by atoms with Crippen molar-refractivity contribution >= 4 is 11.9 Å². The molecule has 144 valence electrons. The van der Waals surface area contributed by atoms with Gasteiger partial charge in [0.05, 0.1) is 13.2 Å². The Labute approximate surface area is 144 Å². The van der Waals surface area contributed by atoms with E-state index in [0.29, 0.717) is 0 Å². The maximum atomic E-state index is 10.1. The molecule has 0 heterocycles. The molecule has 0 aliphatic heterocycles. The van der Waals surface area contributed by atoms with Crippen LogP contribution in [0.5, 0.6) is 0 Å². The molecule has 10 nitrogen and oxygen atoms in total. The van der Waals surface area contributed by atoms with Gasteiger partial charge in [0, 0.05) is 10.8 Å². The molecule has 2 unspecified atom stereocenters. The molecule has 11 heteroatoms. The van der Waals surface area contributed by atoms with E-state index >= 15 is 0 Å². The molecule has 0 radical (unpaired) electrons. The van der Waals surface area contributed by atoms with Crippen LogP contribution >= 0.6 is 0 Å². The van der Waals surface area contributed by atoms with Crippen LogP contribution in [-0.2, 0) is 28.7 Å². The summed E-state index contributed by atoms with van der Waals surface area (Å²) in [5.41, 5.74) is -1.93. The van der Waals surface area contributed by atoms with Crippen LogP contribution in [-0.4, -0.2) is 68.0 Å². The summed E-state index contributed by atoms with van der Waals surface area (Å²) in [6.45, 7) is 5.22. The second-order valence-corrected chi connectivity index (χ2v) is 6.64. The summed E-state index contributed by atoms with van der Waals surface area (Å²) in [4.78, 5) is 20.3. The third kappa shape index (κ3) is 12.5. The average molecular weight is 523 g/mol. The van der Waals surface area contributed by atoms with Crippen molar-refractivity contribution in [2.75, 3.05) is 13.2 Å². The van der Waals surface area contributed by atoms with E-state index in [1.54, 1.807) is 0 Å². The molecule has 0 aliphatic rings. The van der Waals surface area contributed by atoms with Crippen molar-refractivity contribution in [2.45, 2.75) is 39.9 Å². The molecule has 0 rings (SSSR count). The fourth-order valence-electron chi connectivity index (χ4n) is 0.841. The molecule has 0 saturated carbocycles. The molecule has 0 aliphatic carbocycles. The average Bonchev–Trinajstić information content (AvgIpc) is 2.46. The quantitative estimate of drug-likeness (QED) is 0.187. The molecule has 0 amide bonds. The van der Waals surface area contributed by atoms with Crippen molar-refractivity contribution in [3.63, 3.8) is 0 Å². The van der Waals surface area contributed by atoms with Gasteiger partial charge in [-0.25, -0.2) is 9.59 Å². The number of carbonyl (C=O) groups is 2. The van der Waals surface area contributed by atoms with E-state index in [1.165, 1.54) is 27.7 Å². The van der Waals surface area contributed by atoms with Crippen molar-refractivity contribution in [2.24, 2.45) is 19.4 Å². The van der Waals surface area contributed by atoms with Crippen LogP contribution in [0.25, 0.3) is 0 Å². The molecule has 10 N–H and O–H groups in total. The van der Waals surface area contributed by atoms with Crippen LogP contribution < -0.4 is 8.58 Å². The Balaban J connectivity index is -0.000000297. The Morgan fingerprint density at radius 3 is 1.09 bits per heavy atom. The van der Waals surface area contributed by atoms with Crippen LogP contribution in [0.2, 0.25) is 0 Å². The number of nitrogens with two attached hydrogens (primary N) is 2. The summed E-state index contributed by atoms with van der Waals surface area (Å²) < 4.78 is 9.47. The van der Waals surface area contributed by atoms with Crippen LogP contribution in [0, 0.1) is 10.8 Å². The van der Waals surface area contributed by atoms with E-state index in [9.17, 15) is 9.59 Å². The maximum absolute atomic E-state index is 10.1. The van der Waals surface area contributed by atoms with Gasteiger partial charge >= 0.3 is 39.6 Å². The van der Waals surface area contributed by atoms with E-state index in [-0.39, 0.29) is 13.2 Å². The molecule has 0 aromatic rings. The molecule has 0 bridgehead atoms. The summed E-state index contributed by atoms with van der Waals surface area (Å²) in [6.07, 6.45) is -3.00. The fourth-order valence-corrected chi connectivity index (χ4v) is 0.841. The topological polar surface area (TPSA) is 208 Å². The van der Waals surface area contributed by atoms with Gasteiger partial charge in [-0.2, -0.15) is 0 Å².